The first-order valence-electron chi connectivity index (χ1n) is 5.78. The minimum atomic E-state index is 0.0620. The number of carbonyl (C=O) groups is 1. The van der Waals surface area contributed by atoms with Gasteiger partial charge in [-0.15, -0.1) is 0 Å². The molecule has 1 rings (SSSR count). The summed E-state index contributed by atoms with van der Waals surface area (Å²) in [7, 11) is 0. The Hall–Kier alpha value is -0.260. The molecule has 5 heteroatoms. The normalized spacial score (nSPS) is 19.8. The number of morpholine rings is 1. The van der Waals surface area contributed by atoms with Gasteiger partial charge < -0.3 is 10.1 Å². The summed E-state index contributed by atoms with van der Waals surface area (Å²) in [6, 6.07) is 0.234. The first kappa shape index (κ1) is 13.8. The molecule has 0 aromatic rings. The van der Waals surface area contributed by atoms with Crippen molar-refractivity contribution in [1.82, 2.24) is 10.2 Å². The van der Waals surface area contributed by atoms with Crippen LogP contribution in [-0.2, 0) is 4.74 Å². The fourth-order valence-corrected chi connectivity index (χ4v) is 1.96. The highest BCUT2D eigenvalue weighted by Gasteiger charge is 2.20. The Morgan fingerprint density at radius 1 is 1.44 bits per heavy atom. The molecule has 0 radical (unpaired) electrons. The fraction of sp³-hybridized carbons (Fsp3) is 0.909. The summed E-state index contributed by atoms with van der Waals surface area (Å²) in [6.45, 7) is 8.77. The Kier molecular flexibility index (Phi) is 6.16. The third-order valence-corrected chi connectivity index (χ3v) is 3.34. The van der Waals surface area contributed by atoms with Crippen LogP contribution in [0.25, 0.3) is 0 Å². The van der Waals surface area contributed by atoms with Crippen LogP contribution in [-0.4, -0.2) is 55.3 Å². The van der Waals surface area contributed by atoms with Crippen molar-refractivity contribution >= 4 is 17.0 Å². The average Bonchev–Trinajstić information content (AvgIpc) is 2.29. The molecule has 94 valence electrons. The second-order valence-electron chi connectivity index (χ2n) is 4.40. The third-order valence-electron chi connectivity index (χ3n) is 2.85. The van der Waals surface area contributed by atoms with E-state index in [9.17, 15) is 4.79 Å². The van der Waals surface area contributed by atoms with Gasteiger partial charge in [-0.25, -0.2) is 0 Å². The van der Waals surface area contributed by atoms with Gasteiger partial charge in [0, 0.05) is 25.7 Å². The predicted molar refractivity (Wildman–Crippen MR) is 67.9 cm³/mol. The van der Waals surface area contributed by atoms with Crippen LogP contribution in [0.4, 0.5) is 4.79 Å². The van der Waals surface area contributed by atoms with E-state index in [2.05, 4.69) is 24.1 Å². The Morgan fingerprint density at radius 2 is 2.06 bits per heavy atom. The number of thioether (sulfide) groups is 1. The van der Waals surface area contributed by atoms with E-state index < -0.39 is 0 Å². The number of nitrogens with one attached hydrogen (secondary N) is 1. The molecule has 0 aromatic heterocycles. The number of carbonyl (C=O) groups excluding carboxylic acids is 1. The molecule has 1 amide bonds. The van der Waals surface area contributed by atoms with Gasteiger partial charge in [0.05, 0.1) is 13.2 Å². The summed E-state index contributed by atoms with van der Waals surface area (Å²) >= 11 is 1.24. The van der Waals surface area contributed by atoms with E-state index in [1.807, 2.05) is 0 Å². The van der Waals surface area contributed by atoms with Crippen molar-refractivity contribution < 1.29 is 9.53 Å². The Morgan fingerprint density at radius 3 is 2.56 bits per heavy atom. The molecule has 0 unspecified atom stereocenters. The van der Waals surface area contributed by atoms with Crippen molar-refractivity contribution in [2.75, 3.05) is 39.1 Å². The summed E-state index contributed by atoms with van der Waals surface area (Å²) in [4.78, 5) is 13.7. The van der Waals surface area contributed by atoms with E-state index in [0.717, 1.165) is 32.8 Å². The molecule has 1 heterocycles. The van der Waals surface area contributed by atoms with Crippen LogP contribution in [0, 0.1) is 5.92 Å². The number of hydrogen-bond donors (Lipinski definition) is 1. The molecule has 1 aliphatic heterocycles. The number of hydrogen-bond acceptors (Lipinski definition) is 4. The molecule has 0 aromatic carbocycles. The number of rotatable bonds is 4. The summed E-state index contributed by atoms with van der Waals surface area (Å²) in [5, 5.41) is 3.12. The number of nitrogens with zero attached hydrogens (tertiary/aromatic N) is 1. The van der Waals surface area contributed by atoms with Gasteiger partial charge in [-0.1, -0.05) is 25.6 Å². The van der Waals surface area contributed by atoms with E-state index in [1.165, 1.54) is 11.8 Å². The van der Waals surface area contributed by atoms with Crippen LogP contribution in [0.2, 0.25) is 0 Å². The maximum atomic E-state index is 11.4. The van der Waals surface area contributed by atoms with Crippen molar-refractivity contribution in [3.8, 4) is 0 Å². The van der Waals surface area contributed by atoms with Gasteiger partial charge >= 0.3 is 0 Å². The Labute approximate surface area is 102 Å². The fourth-order valence-electron chi connectivity index (χ4n) is 1.70. The molecule has 0 saturated carbocycles. The molecule has 16 heavy (non-hydrogen) atoms. The van der Waals surface area contributed by atoms with Crippen LogP contribution in [0.1, 0.15) is 13.8 Å². The summed E-state index contributed by atoms with van der Waals surface area (Å²) in [6.07, 6.45) is 1.81. The Bertz CT molecular complexity index is 218. The first-order valence-corrected chi connectivity index (χ1v) is 7.00. The largest absolute Gasteiger partial charge is 0.379 e. The minimum Gasteiger partial charge on any atom is -0.379 e. The van der Waals surface area contributed by atoms with E-state index in [4.69, 9.17) is 4.74 Å². The topological polar surface area (TPSA) is 41.6 Å². The predicted octanol–water partition coefficient (Wildman–Crippen LogP) is 1.42. The molecule has 0 aliphatic carbocycles. The summed E-state index contributed by atoms with van der Waals surface area (Å²) < 4.78 is 5.31. The summed E-state index contributed by atoms with van der Waals surface area (Å²) in [5.41, 5.74) is 0. The SMILES string of the molecule is CSC(=O)N[C@H](CN1CCOCC1)C(C)C. The van der Waals surface area contributed by atoms with Crippen molar-refractivity contribution in [2.45, 2.75) is 19.9 Å². The number of ether oxygens (including phenoxy) is 1. The summed E-state index contributed by atoms with van der Waals surface area (Å²) in [5.74, 6) is 0.457. The molecule has 0 bridgehead atoms. The van der Waals surface area contributed by atoms with Crippen molar-refractivity contribution in [1.29, 1.82) is 0 Å². The molecule has 1 saturated heterocycles. The van der Waals surface area contributed by atoms with Crippen LogP contribution < -0.4 is 5.32 Å². The highest BCUT2D eigenvalue weighted by atomic mass is 32.2. The lowest BCUT2D eigenvalue weighted by molar-refractivity contribution is 0.0319. The van der Waals surface area contributed by atoms with Crippen molar-refractivity contribution in [3.63, 3.8) is 0 Å². The van der Waals surface area contributed by atoms with Crippen molar-refractivity contribution in [3.05, 3.63) is 0 Å². The maximum absolute atomic E-state index is 11.4. The zero-order valence-electron chi connectivity index (χ0n) is 10.4. The zero-order chi connectivity index (χ0) is 12.0. The van der Waals surface area contributed by atoms with Gasteiger partial charge in [-0.2, -0.15) is 0 Å². The van der Waals surface area contributed by atoms with Gasteiger partial charge in [0.1, 0.15) is 0 Å². The van der Waals surface area contributed by atoms with Gasteiger partial charge in [-0.05, 0) is 12.2 Å². The van der Waals surface area contributed by atoms with Crippen LogP contribution in [0.5, 0.6) is 0 Å². The highest BCUT2D eigenvalue weighted by Crippen LogP contribution is 2.08. The van der Waals surface area contributed by atoms with Crippen LogP contribution >= 0.6 is 11.8 Å². The lowest BCUT2D eigenvalue weighted by Crippen LogP contribution is -2.48. The molecule has 1 aliphatic rings. The molecular weight excluding hydrogens is 224 g/mol. The van der Waals surface area contributed by atoms with E-state index in [0.29, 0.717) is 5.92 Å². The monoisotopic (exact) mass is 246 g/mol. The lowest BCUT2D eigenvalue weighted by Gasteiger charge is -2.32. The smallest absolute Gasteiger partial charge is 0.279 e. The van der Waals surface area contributed by atoms with E-state index in [1.54, 1.807) is 6.26 Å². The molecule has 1 atom stereocenters. The molecule has 1 N–H and O–H groups in total. The van der Waals surface area contributed by atoms with Gasteiger partial charge in [0.25, 0.3) is 5.24 Å². The van der Waals surface area contributed by atoms with Crippen LogP contribution in [0.15, 0.2) is 0 Å². The van der Waals surface area contributed by atoms with Crippen molar-refractivity contribution in [2.24, 2.45) is 5.92 Å². The second kappa shape index (κ2) is 7.14. The van der Waals surface area contributed by atoms with E-state index >= 15 is 0 Å². The zero-order valence-corrected chi connectivity index (χ0v) is 11.2. The third kappa shape index (κ3) is 4.72. The standard InChI is InChI=1S/C11H22N2O2S/c1-9(2)10(12-11(14)16-3)8-13-4-6-15-7-5-13/h9-10H,4-8H2,1-3H3,(H,12,14)/t10-/m1/s1. The molecular formula is C11H22N2O2S. The Balaban J connectivity index is 2.40. The quantitative estimate of drug-likeness (QED) is 0.814. The van der Waals surface area contributed by atoms with E-state index in [-0.39, 0.29) is 11.3 Å². The highest BCUT2D eigenvalue weighted by molar-refractivity contribution is 8.12. The molecule has 4 nitrogen and oxygen atoms in total. The molecule has 1 fully saturated rings. The average molecular weight is 246 g/mol. The van der Waals surface area contributed by atoms with Crippen LogP contribution in [0.3, 0.4) is 0 Å². The van der Waals surface area contributed by atoms with Gasteiger partial charge in [-0.3, -0.25) is 9.69 Å². The lowest BCUT2D eigenvalue weighted by atomic mass is 10.0. The minimum absolute atomic E-state index is 0.0620. The molecule has 0 spiro atoms. The number of amides is 1. The van der Waals surface area contributed by atoms with Gasteiger partial charge in [0.15, 0.2) is 0 Å². The second-order valence-corrected chi connectivity index (χ2v) is 5.18. The maximum Gasteiger partial charge on any atom is 0.279 e. The first-order chi connectivity index (χ1) is 7.63. The van der Waals surface area contributed by atoms with Gasteiger partial charge in [0.2, 0.25) is 0 Å².